The molecule has 0 atom stereocenters. The second-order valence-corrected chi connectivity index (χ2v) is 3.69. The molecule has 16 heavy (non-hydrogen) atoms. The summed E-state index contributed by atoms with van der Waals surface area (Å²) >= 11 is 0. The summed E-state index contributed by atoms with van der Waals surface area (Å²) in [4.78, 5) is 0. The molecule has 0 aliphatic heterocycles. The lowest BCUT2D eigenvalue weighted by Gasteiger charge is -2.11. The maximum Gasteiger partial charge on any atom is 0.173 e. The molecule has 0 saturated carbocycles. The van der Waals surface area contributed by atoms with Gasteiger partial charge in [-0.15, -0.1) is 0 Å². The van der Waals surface area contributed by atoms with Crippen molar-refractivity contribution < 1.29 is 9.94 Å². The van der Waals surface area contributed by atoms with Crippen LogP contribution in [0.2, 0.25) is 0 Å². The van der Waals surface area contributed by atoms with Crippen LogP contribution in [0.25, 0.3) is 0 Å². The van der Waals surface area contributed by atoms with Crippen molar-refractivity contribution in [2.24, 2.45) is 10.9 Å². The van der Waals surface area contributed by atoms with Crippen molar-refractivity contribution in [3.05, 3.63) is 29.3 Å². The molecule has 88 valence electrons. The molecule has 1 aromatic carbocycles. The minimum atomic E-state index is 0.0755. The molecule has 0 unspecified atom stereocenters. The van der Waals surface area contributed by atoms with Gasteiger partial charge in [0.1, 0.15) is 5.75 Å². The molecular weight excluding hydrogens is 204 g/mol. The Kier molecular flexibility index (Phi) is 4.64. The average molecular weight is 222 g/mol. The molecule has 0 bridgehead atoms. The van der Waals surface area contributed by atoms with Crippen LogP contribution >= 0.6 is 0 Å². The number of amidine groups is 1. The van der Waals surface area contributed by atoms with Gasteiger partial charge >= 0.3 is 0 Å². The van der Waals surface area contributed by atoms with E-state index in [4.69, 9.17) is 15.7 Å². The largest absolute Gasteiger partial charge is 0.493 e. The highest BCUT2D eigenvalue weighted by molar-refractivity contribution is 5.99. The Morgan fingerprint density at radius 3 is 2.88 bits per heavy atom. The van der Waals surface area contributed by atoms with E-state index in [0.717, 1.165) is 18.4 Å². The van der Waals surface area contributed by atoms with Crippen molar-refractivity contribution in [2.45, 2.75) is 26.7 Å². The third-order valence-electron chi connectivity index (χ3n) is 2.28. The monoisotopic (exact) mass is 222 g/mol. The summed E-state index contributed by atoms with van der Waals surface area (Å²) < 4.78 is 5.61. The minimum Gasteiger partial charge on any atom is -0.493 e. The first-order chi connectivity index (χ1) is 7.69. The van der Waals surface area contributed by atoms with E-state index in [1.807, 2.05) is 19.1 Å². The van der Waals surface area contributed by atoms with Gasteiger partial charge in [-0.1, -0.05) is 24.6 Å². The SMILES string of the molecule is CCCCOc1cc(C)ccc1C(N)=NO. The summed E-state index contributed by atoms with van der Waals surface area (Å²) in [6.07, 6.45) is 2.06. The standard InChI is InChI=1S/C12H18N2O2/c1-3-4-7-16-11-8-9(2)5-6-10(11)12(13)14-15/h5-6,8,15H,3-4,7H2,1-2H3,(H2,13,14). The number of oxime groups is 1. The first-order valence-corrected chi connectivity index (χ1v) is 5.40. The molecule has 0 aromatic heterocycles. The highest BCUT2D eigenvalue weighted by Gasteiger charge is 2.08. The first kappa shape index (κ1) is 12.4. The summed E-state index contributed by atoms with van der Waals surface area (Å²) in [5.41, 5.74) is 7.28. The van der Waals surface area contributed by atoms with Crippen LogP contribution in [0.5, 0.6) is 5.75 Å². The van der Waals surface area contributed by atoms with Gasteiger partial charge in [0.2, 0.25) is 0 Å². The smallest absolute Gasteiger partial charge is 0.173 e. The summed E-state index contributed by atoms with van der Waals surface area (Å²) in [7, 11) is 0. The molecule has 0 aliphatic rings. The van der Waals surface area contributed by atoms with Gasteiger partial charge in [-0.05, 0) is 31.0 Å². The van der Waals surface area contributed by atoms with Crippen LogP contribution in [0.3, 0.4) is 0 Å². The third kappa shape index (κ3) is 3.15. The van der Waals surface area contributed by atoms with Crippen LogP contribution in [0.15, 0.2) is 23.4 Å². The Balaban J connectivity index is 2.90. The van der Waals surface area contributed by atoms with Crippen LogP contribution in [0.1, 0.15) is 30.9 Å². The Labute approximate surface area is 95.7 Å². The summed E-state index contributed by atoms with van der Waals surface area (Å²) in [6.45, 7) is 4.72. The topological polar surface area (TPSA) is 67.8 Å². The zero-order valence-corrected chi connectivity index (χ0v) is 9.73. The van der Waals surface area contributed by atoms with E-state index in [1.54, 1.807) is 6.07 Å². The molecule has 3 N–H and O–H groups in total. The van der Waals surface area contributed by atoms with Gasteiger partial charge < -0.3 is 15.7 Å². The number of hydrogen-bond donors (Lipinski definition) is 2. The van der Waals surface area contributed by atoms with E-state index in [9.17, 15) is 0 Å². The number of nitrogens with zero attached hydrogens (tertiary/aromatic N) is 1. The number of rotatable bonds is 5. The van der Waals surface area contributed by atoms with Crippen molar-refractivity contribution in [3.8, 4) is 5.75 Å². The molecule has 4 heteroatoms. The normalized spacial score (nSPS) is 11.5. The molecule has 0 fully saturated rings. The van der Waals surface area contributed by atoms with Gasteiger partial charge in [-0.3, -0.25) is 0 Å². The zero-order chi connectivity index (χ0) is 12.0. The van der Waals surface area contributed by atoms with Crippen molar-refractivity contribution >= 4 is 5.84 Å². The van der Waals surface area contributed by atoms with Gasteiger partial charge in [0.25, 0.3) is 0 Å². The Bertz CT molecular complexity index is 375. The molecular formula is C12H18N2O2. The predicted molar refractivity (Wildman–Crippen MR) is 64.1 cm³/mol. The third-order valence-corrected chi connectivity index (χ3v) is 2.28. The molecule has 0 amide bonds. The van der Waals surface area contributed by atoms with Crippen molar-refractivity contribution in [3.63, 3.8) is 0 Å². The Morgan fingerprint density at radius 2 is 2.25 bits per heavy atom. The Hall–Kier alpha value is -1.71. The molecule has 0 radical (unpaired) electrons. The summed E-state index contributed by atoms with van der Waals surface area (Å²) in [5.74, 6) is 0.746. The van der Waals surface area contributed by atoms with E-state index >= 15 is 0 Å². The minimum absolute atomic E-state index is 0.0755. The molecule has 0 saturated heterocycles. The fourth-order valence-electron chi connectivity index (χ4n) is 1.34. The Morgan fingerprint density at radius 1 is 1.50 bits per heavy atom. The zero-order valence-electron chi connectivity index (χ0n) is 9.73. The van der Waals surface area contributed by atoms with Gasteiger partial charge in [0, 0.05) is 0 Å². The molecule has 4 nitrogen and oxygen atoms in total. The second kappa shape index (κ2) is 6.00. The van der Waals surface area contributed by atoms with Crippen LogP contribution in [0, 0.1) is 6.92 Å². The number of unbranched alkanes of at least 4 members (excludes halogenated alkanes) is 1. The summed E-state index contributed by atoms with van der Waals surface area (Å²) in [6, 6.07) is 5.59. The molecule has 1 aromatic rings. The van der Waals surface area contributed by atoms with Crippen LogP contribution in [0.4, 0.5) is 0 Å². The lowest BCUT2D eigenvalue weighted by Crippen LogP contribution is -2.15. The highest BCUT2D eigenvalue weighted by Crippen LogP contribution is 2.20. The highest BCUT2D eigenvalue weighted by atomic mass is 16.5. The van der Waals surface area contributed by atoms with Crippen LogP contribution < -0.4 is 10.5 Å². The number of nitrogens with two attached hydrogens (primary N) is 1. The van der Waals surface area contributed by atoms with Crippen molar-refractivity contribution in [1.29, 1.82) is 0 Å². The summed E-state index contributed by atoms with van der Waals surface area (Å²) in [5, 5.41) is 11.7. The number of ether oxygens (including phenoxy) is 1. The second-order valence-electron chi connectivity index (χ2n) is 3.69. The van der Waals surface area contributed by atoms with E-state index in [0.29, 0.717) is 17.9 Å². The molecule has 0 heterocycles. The van der Waals surface area contributed by atoms with E-state index in [-0.39, 0.29) is 5.84 Å². The van der Waals surface area contributed by atoms with Crippen molar-refractivity contribution in [2.75, 3.05) is 6.61 Å². The maximum absolute atomic E-state index is 8.66. The van der Waals surface area contributed by atoms with Gasteiger partial charge in [-0.25, -0.2) is 0 Å². The van der Waals surface area contributed by atoms with Gasteiger partial charge in [-0.2, -0.15) is 0 Å². The fourth-order valence-corrected chi connectivity index (χ4v) is 1.34. The molecule has 0 spiro atoms. The van der Waals surface area contributed by atoms with E-state index in [2.05, 4.69) is 12.1 Å². The van der Waals surface area contributed by atoms with E-state index in [1.165, 1.54) is 0 Å². The van der Waals surface area contributed by atoms with Crippen LogP contribution in [-0.4, -0.2) is 17.6 Å². The quantitative estimate of drug-likeness (QED) is 0.264. The number of aryl methyl sites for hydroxylation is 1. The van der Waals surface area contributed by atoms with E-state index < -0.39 is 0 Å². The lowest BCUT2D eigenvalue weighted by molar-refractivity contribution is 0.306. The van der Waals surface area contributed by atoms with Gasteiger partial charge in [0.15, 0.2) is 5.84 Å². The maximum atomic E-state index is 8.66. The number of hydrogen-bond acceptors (Lipinski definition) is 3. The van der Waals surface area contributed by atoms with Crippen LogP contribution in [-0.2, 0) is 0 Å². The van der Waals surface area contributed by atoms with Crippen molar-refractivity contribution in [1.82, 2.24) is 0 Å². The number of benzene rings is 1. The molecule has 1 rings (SSSR count). The lowest BCUT2D eigenvalue weighted by atomic mass is 10.1. The first-order valence-electron chi connectivity index (χ1n) is 5.40. The van der Waals surface area contributed by atoms with Gasteiger partial charge in [0.05, 0.1) is 12.2 Å². The fraction of sp³-hybridized carbons (Fsp3) is 0.417. The predicted octanol–water partition coefficient (Wildman–Crippen LogP) is 2.27. The molecule has 0 aliphatic carbocycles. The average Bonchev–Trinajstić information content (AvgIpc) is 2.29.